The van der Waals surface area contributed by atoms with Crippen molar-refractivity contribution in [1.82, 2.24) is 4.72 Å². The number of carboxylic acids is 1. The van der Waals surface area contributed by atoms with Crippen LogP contribution in [0, 0.1) is 0 Å². The van der Waals surface area contributed by atoms with Gasteiger partial charge >= 0.3 is 5.97 Å². The summed E-state index contributed by atoms with van der Waals surface area (Å²) in [6, 6.07) is 6.07. The third-order valence-corrected chi connectivity index (χ3v) is 4.80. The Labute approximate surface area is 126 Å². The van der Waals surface area contributed by atoms with Crippen molar-refractivity contribution in [3.8, 4) is 0 Å². The van der Waals surface area contributed by atoms with Gasteiger partial charge in [-0.3, -0.25) is 4.79 Å². The molecule has 1 unspecified atom stereocenters. The molecule has 0 heterocycles. The second kappa shape index (κ2) is 6.58. The summed E-state index contributed by atoms with van der Waals surface area (Å²) in [5.41, 5.74) is 0.990. The van der Waals surface area contributed by atoms with Crippen LogP contribution in [-0.4, -0.2) is 25.5 Å². The van der Waals surface area contributed by atoms with Crippen LogP contribution < -0.4 is 4.72 Å². The lowest BCUT2D eigenvalue weighted by Crippen LogP contribution is -2.36. The van der Waals surface area contributed by atoms with Gasteiger partial charge in [0.25, 0.3) is 0 Å². The Hall–Kier alpha value is -1.40. The van der Waals surface area contributed by atoms with E-state index in [-0.39, 0.29) is 16.7 Å². The van der Waals surface area contributed by atoms with Crippen molar-refractivity contribution in [2.24, 2.45) is 0 Å². The minimum atomic E-state index is -3.69. The summed E-state index contributed by atoms with van der Waals surface area (Å²) in [4.78, 5) is 10.9. The van der Waals surface area contributed by atoms with Gasteiger partial charge in [0.05, 0.1) is 11.3 Å². The van der Waals surface area contributed by atoms with E-state index >= 15 is 0 Å². The monoisotopic (exact) mass is 313 g/mol. The average Bonchev–Trinajstić information content (AvgIpc) is 2.36. The van der Waals surface area contributed by atoms with Gasteiger partial charge in [-0.2, -0.15) is 0 Å². The molecule has 0 amide bonds. The minimum Gasteiger partial charge on any atom is -0.481 e. The fourth-order valence-corrected chi connectivity index (χ4v) is 3.22. The molecule has 0 saturated carbocycles. The van der Waals surface area contributed by atoms with Crippen molar-refractivity contribution in [1.29, 1.82) is 0 Å². The molecule has 0 bridgehead atoms. The SMILES string of the molecule is CCC(CC(=O)O)NS(=O)(=O)c1ccc(C(C)(C)C)cc1. The summed E-state index contributed by atoms with van der Waals surface area (Å²) in [6.07, 6.45) is 0.196. The molecule has 0 aromatic heterocycles. The van der Waals surface area contributed by atoms with Crippen molar-refractivity contribution in [3.05, 3.63) is 29.8 Å². The van der Waals surface area contributed by atoms with Crippen LogP contribution in [0.2, 0.25) is 0 Å². The molecular weight excluding hydrogens is 290 g/mol. The summed E-state index contributed by atoms with van der Waals surface area (Å²) >= 11 is 0. The van der Waals surface area contributed by atoms with Crippen molar-refractivity contribution in [3.63, 3.8) is 0 Å². The first-order valence-electron chi connectivity index (χ1n) is 6.91. The Morgan fingerprint density at radius 3 is 2.14 bits per heavy atom. The topological polar surface area (TPSA) is 83.5 Å². The molecule has 5 nitrogen and oxygen atoms in total. The van der Waals surface area contributed by atoms with E-state index in [0.717, 1.165) is 5.56 Å². The maximum atomic E-state index is 12.2. The molecule has 1 aromatic carbocycles. The average molecular weight is 313 g/mol. The first kappa shape index (κ1) is 17.7. The zero-order chi connectivity index (χ0) is 16.3. The molecule has 2 N–H and O–H groups in total. The zero-order valence-corrected chi connectivity index (χ0v) is 13.7. The smallest absolute Gasteiger partial charge is 0.304 e. The molecule has 1 rings (SSSR count). The number of hydrogen-bond donors (Lipinski definition) is 2. The second-order valence-electron chi connectivity index (χ2n) is 6.10. The predicted molar refractivity (Wildman–Crippen MR) is 81.8 cm³/mol. The van der Waals surface area contributed by atoms with E-state index in [0.29, 0.717) is 6.42 Å². The van der Waals surface area contributed by atoms with E-state index in [4.69, 9.17) is 5.11 Å². The van der Waals surface area contributed by atoms with E-state index < -0.39 is 22.0 Å². The van der Waals surface area contributed by atoms with Crippen LogP contribution in [0.1, 0.15) is 46.1 Å². The van der Waals surface area contributed by atoms with Gasteiger partial charge in [-0.1, -0.05) is 39.8 Å². The number of carboxylic acid groups (broad SMARTS) is 1. The Morgan fingerprint density at radius 2 is 1.76 bits per heavy atom. The van der Waals surface area contributed by atoms with E-state index in [1.807, 2.05) is 0 Å². The van der Waals surface area contributed by atoms with E-state index in [2.05, 4.69) is 25.5 Å². The molecule has 0 saturated heterocycles. The van der Waals surface area contributed by atoms with Gasteiger partial charge in [0.15, 0.2) is 0 Å². The summed E-state index contributed by atoms with van der Waals surface area (Å²) in [6.45, 7) is 7.90. The quantitative estimate of drug-likeness (QED) is 0.845. The number of benzene rings is 1. The predicted octanol–water partition coefficient (Wildman–Crippen LogP) is 2.52. The lowest BCUT2D eigenvalue weighted by Gasteiger charge is -2.20. The van der Waals surface area contributed by atoms with Gasteiger partial charge in [0.2, 0.25) is 10.0 Å². The third kappa shape index (κ3) is 5.13. The molecule has 21 heavy (non-hydrogen) atoms. The highest BCUT2D eigenvalue weighted by Crippen LogP contribution is 2.23. The molecule has 0 aliphatic rings. The maximum Gasteiger partial charge on any atom is 0.304 e. The fourth-order valence-electron chi connectivity index (χ4n) is 1.90. The van der Waals surface area contributed by atoms with Crippen molar-refractivity contribution in [2.75, 3.05) is 0 Å². The Bertz CT molecular complexity index is 585. The van der Waals surface area contributed by atoms with Gasteiger partial charge in [-0.25, -0.2) is 13.1 Å². The lowest BCUT2D eigenvalue weighted by atomic mass is 9.87. The Kier molecular flexibility index (Phi) is 5.53. The highest BCUT2D eigenvalue weighted by molar-refractivity contribution is 7.89. The molecule has 0 aliphatic heterocycles. The summed E-state index contributed by atoms with van der Waals surface area (Å²) in [5.74, 6) is -1.02. The van der Waals surface area contributed by atoms with Gasteiger partial charge < -0.3 is 5.11 Å². The van der Waals surface area contributed by atoms with Crippen molar-refractivity contribution < 1.29 is 18.3 Å². The van der Waals surface area contributed by atoms with Gasteiger partial charge in [-0.05, 0) is 29.5 Å². The largest absolute Gasteiger partial charge is 0.481 e. The van der Waals surface area contributed by atoms with Gasteiger partial charge in [-0.15, -0.1) is 0 Å². The second-order valence-corrected chi connectivity index (χ2v) is 7.81. The molecule has 0 spiro atoms. The minimum absolute atomic E-state index is 0.0506. The molecule has 6 heteroatoms. The molecule has 0 radical (unpaired) electrons. The number of rotatable bonds is 6. The first-order valence-corrected chi connectivity index (χ1v) is 8.39. The number of sulfonamides is 1. The number of hydrogen-bond acceptors (Lipinski definition) is 3. The van der Waals surface area contributed by atoms with Crippen LogP contribution in [0.3, 0.4) is 0 Å². The van der Waals surface area contributed by atoms with E-state index in [1.165, 1.54) is 0 Å². The highest BCUT2D eigenvalue weighted by Gasteiger charge is 2.22. The van der Waals surface area contributed by atoms with Gasteiger partial charge in [0, 0.05) is 6.04 Å². The summed E-state index contributed by atoms with van der Waals surface area (Å²) in [7, 11) is -3.69. The molecule has 1 aromatic rings. The summed E-state index contributed by atoms with van der Waals surface area (Å²) in [5, 5.41) is 8.77. The maximum absolute atomic E-state index is 12.2. The number of nitrogens with one attached hydrogen (secondary N) is 1. The van der Waals surface area contributed by atoms with Crippen molar-refractivity contribution in [2.45, 2.75) is 56.9 Å². The molecule has 0 aliphatic carbocycles. The zero-order valence-electron chi connectivity index (χ0n) is 12.9. The number of aliphatic carboxylic acids is 1. The van der Waals surface area contributed by atoms with E-state index in [9.17, 15) is 13.2 Å². The van der Waals surface area contributed by atoms with Crippen LogP contribution >= 0.6 is 0 Å². The molecular formula is C15H23NO4S. The van der Waals surface area contributed by atoms with Crippen LogP contribution in [0.25, 0.3) is 0 Å². The highest BCUT2D eigenvalue weighted by atomic mass is 32.2. The van der Waals surface area contributed by atoms with Crippen LogP contribution in [0.15, 0.2) is 29.2 Å². The molecule has 118 valence electrons. The normalized spacial score (nSPS) is 13.9. The van der Waals surface area contributed by atoms with Crippen molar-refractivity contribution >= 4 is 16.0 Å². The van der Waals surface area contributed by atoms with Crippen LogP contribution in [0.4, 0.5) is 0 Å². The van der Waals surface area contributed by atoms with Crippen LogP contribution in [0.5, 0.6) is 0 Å². The molecule has 0 fully saturated rings. The summed E-state index contributed by atoms with van der Waals surface area (Å²) < 4.78 is 26.9. The molecule has 1 atom stereocenters. The van der Waals surface area contributed by atoms with Crippen LogP contribution in [-0.2, 0) is 20.2 Å². The lowest BCUT2D eigenvalue weighted by molar-refractivity contribution is -0.137. The van der Waals surface area contributed by atoms with Gasteiger partial charge in [0.1, 0.15) is 0 Å². The Balaban J connectivity index is 2.95. The Morgan fingerprint density at radius 1 is 1.24 bits per heavy atom. The first-order chi connectivity index (χ1) is 9.56. The standard InChI is InChI=1S/C15H23NO4S/c1-5-12(10-14(17)18)16-21(19,20)13-8-6-11(7-9-13)15(2,3)4/h6-9,12,16H,5,10H2,1-4H3,(H,17,18). The fraction of sp³-hybridized carbons (Fsp3) is 0.533. The third-order valence-electron chi connectivity index (χ3n) is 3.27. The number of carbonyl (C=O) groups is 1. The van der Waals surface area contributed by atoms with E-state index in [1.54, 1.807) is 31.2 Å².